The molecule has 5 heteroatoms. The predicted octanol–water partition coefficient (Wildman–Crippen LogP) is 5.15. The van der Waals surface area contributed by atoms with Crippen molar-refractivity contribution in [3.63, 3.8) is 0 Å². The third-order valence-corrected chi connectivity index (χ3v) is 4.76. The van der Waals surface area contributed by atoms with Crippen LogP contribution in [-0.2, 0) is 4.79 Å². The van der Waals surface area contributed by atoms with Gasteiger partial charge in [-0.15, -0.1) is 0 Å². The molecular formula is C22H24N2O3. The highest BCUT2D eigenvalue weighted by atomic mass is 16.5. The molecule has 0 saturated heterocycles. The molecule has 1 amide bonds. The number of carbonyl (C=O) groups excluding carboxylic acids is 1. The summed E-state index contributed by atoms with van der Waals surface area (Å²) in [5.41, 5.74) is 4.44. The molecule has 27 heavy (non-hydrogen) atoms. The first-order valence-corrected chi connectivity index (χ1v) is 9.43. The molecule has 0 radical (unpaired) electrons. The summed E-state index contributed by atoms with van der Waals surface area (Å²) >= 11 is 0. The second-order valence-electron chi connectivity index (χ2n) is 7.54. The third kappa shape index (κ3) is 3.97. The fraction of sp³-hybridized carbons (Fsp3) is 0.364. The number of hydrogen-bond donors (Lipinski definition) is 1. The zero-order chi connectivity index (χ0) is 19.0. The minimum Gasteiger partial charge on any atom is -0.483 e. The average Bonchev–Trinajstić information content (AvgIpc) is 3.39. The minimum absolute atomic E-state index is 0.0344. The average molecular weight is 364 g/mol. The summed E-state index contributed by atoms with van der Waals surface area (Å²) in [5.74, 6) is 2.17. The van der Waals surface area contributed by atoms with E-state index in [4.69, 9.17) is 9.15 Å². The SMILES string of the molecule is Cc1ccc(C(C)C)c(OCC(=O)Nc2ccc3oc(C4CC4)nc3c2)c1. The smallest absolute Gasteiger partial charge is 0.262 e. The van der Waals surface area contributed by atoms with Crippen molar-refractivity contribution in [1.29, 1.82) is 0 Å². The number of nitrogens with zero attached hydrogens (tertiary/aromatic N) is 1. The van der Waals surface area contributed by atoms with E-state index in [1.807, 2.05) is 31.2 Å². The summed E-state index contributed by atoms with van der Waals surface area (Å²) in [6.45, 7) is 6.20. The van der Waals surface area contributed by atoms with Gasteiger partial charge in [0, 0.05) is 11.6 Å². The van der Waals surface area contributed by atoms with Crippen LogP contribution in [0, 0.1) is 6.92 Å². The maximum atomic E-state index is 12.3. The van der Waals surface area contributed by atoms with Crippen molar-refractivity contribution in [2.24, 2.45) is 0 Å². The van der Waals surface area contributed by atoms with Crippen LogP contribution >= 0.6 is 0 Å². The maximum absolute atomic E-state index is 12.3. The standard InChI is InChI=1S/C22H24N2O3/c1-13(2)17-8-4-14(3)10-20(17)26-12-21(25)23-16-7-9-19-18(11-16)24-22(27-19)15-5-6-15/h4,7-11,13,15H,5-6,12H2,1-3H3,(H,23,25). The number of aryl methyl sites for hydroxylation is 1. The summed E-state index contributed by atoms with van der Waals surface area (Å²) in [6.07, 6.45) is 2.29. The van der Waals surface area contributed by atoms with E-state index in [2.05, 4.69) is 36.3 Å². The monoisotopic (exact) mass is 364 g/mol. The number of aromatic nitrogens is 1. The van der Waals surface area contributed by atoms with Gasteiger partial charge in [0.05, 0.1) is 0 Å². The molecule has 1 heterocycles. The van der Waals surface area contributed by atoms with Crippen LogP contribution < -0.4 is 10.1 Å². The van der Waals surface area contributed by atoms with Gasteiger partial charge in [-0.2, -0.15) is 0 Å². The van der Waals surface area contributed by atoms with Crippen LogP contribution in [-0.4, -0.2) is 17.5 Å². The van der Waals surface area contributed by atoms with Gasteiger partial charge in [0.2, 0.25) is 0 Å². The van der Waals surface area contributed by atoms with Crippen molar-refractivity contribution in [3.8, 4) is 5.75 Å². The molecule has 1 aliphatic rings. The Labute approximate surface area is 158 Å². The lowest BCUT2D eigenvalue weighted by Gasteiger charge is -2.14. The Morgan fingerprint density at radius 3 is 2.81 bits per heavy atom. The van der Waals surface area contributed by atoms with Gasteiger partial charge in [0.15, 0.2) is 18.1 Å². The van der Waals surface area contributed by atoms with Crippen LogP contribution in [0.2, 0.25) is 0 Å². The van der Waals surface area contributed by atoms with Gasteiger partial charge in [0.1, 0.15) is 11.3 Å². The van der Waals surface area contributed by atoms with Crippen molar-refractivity contribution in [2.45, 2.75) is 45.4 Å². The Balaban J connectivity index is 1.42. The van der Waals surface area contributed by atoms with E-state index in [0.29, 0.717) is 17.5 Å². The summed E-state index contributed by atoms with van der Waals surface area (Å²) in [7, 11) is 0. The number of carbonyl (C=O) groups is 1. The van der Waals surface area contributed by atoms with Gasteiger partial charge in [-0.1, -0.05) is 26.0 Å². The Morgan fingerprint density at radius 2 is 2.07 bits per heavy atom. The lowest BCUT2D eigenvalue weighted by Crippen LogP contribution is -2.20. The van der Waals surface area contributed by atoms with Gasteiger partial charge in [-0.25, -0.2) is 4.98 Å². The first kappa shape index (κ1) is 17.6. The maximum Gasteiger partial charge on any atom is 0.262 e. The Bertz CT molecular complexity index is 986. The summed E-state index contributed by atoms with van der Waals surface area (Å²) < 4.78 is 11.6. The Kier molecular flexibility index (Phi) is 4.60. The first-order chi connectivity index (χ1) is 13.0. The van der Waals surface area contributed by atoms with Gasteiger partial charge in [-0.05, 0) is 61.1 Å². The number of ether oxygens (including phenoxy) is 1. The molecular weight excluding hydrogens is 340 g/mol. The Hall–Kier alpha value is -2.82. The molecule has 1 fully saturated rings. The second-order valence-corrected chi connectivity index (χ2v) is 7.54. The molecule has 0 spiro atoms. The topological polar surface area (TPSA) is 64.4 Å². The van der Waals surface area contributed by atoms with Gasteiger partial charge in [-0.3, -0.25) is 4.79 Å². The highest BCUT2D eigenvalue weighted by Gasteiger charge is 2.28. The van der Waals surface area contributed by atoms with E-state index in [-0.39, 0.29) is 12.5 Å². The van der Waals surface area contributed by atoms with Crippen LogP contribution in [0.4, 0.5) is 5.69 Å². The first-order valence-electron chi connectivity index (χ1n) is 9.43. The van der Waals surface area contributed by atoms with E-state index in [9.17, 15) is 4.79 Å². The van der Waals surface area contributed by atoms with Crippen LogP contribution in [0.3, 0.4) is 0 Å². The van der Waals surface area contributed by atoms with Crippen LogP contribution in [0.15, 0.2) is 40.8 Å². The molecule has 1 aliphatic carbocycles. The third-order valence-electron chi connectivity index (χ3n) is 4.76. The summed E-state index contributed by atoms with van der Waals surface area (Å²) in [6, 6.07) is 11.6. The van der Waals surface area contributed by atoms with Crippen molar-refractivity contribution in [2.75, 3.05) is 11.9 Å². The zero-order valence-electron chi connectivity index (χ0n) is 15.9. The highest BCUT2D eigenvalue weighted by Crippen LogP contribution is 2.40. The van der Waals surface area contributed by atoms with Crippen molar-refractivity contribution >= 4 is 22.7 Å². The highest BCUT2D eigenvalue weighted by molar-refractivity contribution is 5.93. The van der Waals surface area contributed by atoms with E-state index in [1.54, 1.807) is 0 Å². The van der Waals surface area contributed by atoms with Gasteiger partial charge in [0.25, 0.3) is 5.91 Å². The number of benzene rings is 2. The number of oxazole rings is 1. The number of anilines is 1. The van der Waals surface area contributed by atoms with Crippen molar-refractivity contribution < 1.29 is 13.9 Å². The summed E-state index contributed by atoms with van der Waals surface area (Å²) in [5, 5.41) is 2.88. The molecule has 1 saturated carbocycles. The lowest BCUT2D eigenvalue weighted by atomic mass is 10.0. The fourth-order valence-corrected chi connectivity index (χ4v) is 3.11. The van der Waals surface area contributed by atoms with Gasteiger partial charge < -0.3 is 14.5 Å². The molecule has 5 nitrogen and oxygen atoms in total. The molecule has 1 aromatic heterocycles. The van der Waals surface area contributed by atoms with Crippen molar-refractivity contribution in [3.05, 3.63) is 53.4 Å². The number of rotatable bonds is 6. The van der Waals surface area contributed by atoms with Crippen LogP contribution in [0.25, 0.3) is 11.1 Å². The van der Waals surface area contributed by atoms with E-state index in [1.165, 1.54) is 0 Å². The van der Waals surface area contributed by atoms with E-state index in [0.717, 1.165) is 46.7 Å². The normalized spacial score (nSPS) is 13.9. The Morgan fingerprint density at radius 1 is 1.26 bits per heavy atom. The minimum atomic E-state index is -0.198. The quantitative estimate of drug-likeness (QED) is 0.656. The zero-order valence-corrected chi connectivity index (χ0v) is 15.9. The second kappa shape index (κ2) is 7.06. The molecule has 0 atom stereocenters. The van der Waals surface area contributed by atoms with E-state index < -0.39 is 0 Å². The fourth-order valence-electron chi connectivity index (χ4n) is 3.11. The lowest BCUT2D eigenvalue weighted by molar-refractivity contribution is -0.118. The molecule has 0 aliphatic heterocycles. The number of amides is 1. The van der Waals surface area contributed by atoms with E-state index >= 15 is 0 Å². The molecule has 0 unspecified atom stereocenters. The number of hydrogen-bond acceptors (Lipinski definition) is 4. The molecule has 140 valence electrons. The molecule has 2 aromatic carbocycles. The van der Waals surface area contributed by atoms with Crippen LogP contribution in [0.1, 0.15) is 55.5 Å². The largest absolute Gasteiger partial charge is 0.483 e. The molecule has 4 rings (SSSR count). The molecule has 1 N–H and O–H groups in total. The van der Waals surface area contributed by atoms with Crippen molar-refractivity contribution in [1.82, 2.24) is 4.98 Å². The molecule has 0 bridgehead atoms. The predicted molar refractivity (Wildman–Crippen MR) is 105 cm³/mol. The summed E-state index contributed by atoms with van der Waals surface area (Å²) in [4.78, 5) is 16.9. The number of fused-ring (bicyclic) bond motifs is 1. The number of nitrogens with one attached hydrogen (secondary N) is 1. The molecule has 3 aromatic rings. The van der Waals surface area contributed by atoms with Crippen LogP contribution in [0.5, 0.6) is 5.75 Å². The van der Waals surface area contributed by atoms with Gasteiger partial charge >= 0.3 is 0 Å².